The first-order chi connectivity index (χ1) is 20.6. The summed E-state index contributed by atoms with van der Waals surface area (Å²) in [6, 6.07) is 0. The van der Waals surface area contributed by atoms with Crippen molar-refractivity contribution in [3.05, 3.63) is 0 Å². The molecule has 7 heteroatoms. The minimum Gasteiger partial charge on any atom is -0.396 e. The number of hydrogen-bond acceptors (Lipinski definition) is 7. The van der Waals surface area contributed by atoms with Crippen LogP contribution in [0.25, 0.3) is 0 Å². The van der Waals surface area contributed by atoms with E-state index in [2.05, 4.69) is 24.1 Å². The summed E-state index contributed by atoms with van der Waals surface area (Å²) in [5, 5.41) is 38.0. The summed E-state index contributed by atoms with van der Waals surface area (Å²) in [4.78, 5) is 2.14. The van der Waals surface area contributed by atoms with E-state index < -0.39 is 0 Å². The van der Waals surface area contributed by atoms with E-state index in [1.807, 2.05) is 6.92 Å². The van der Waals surface area contributed by atoms with Gasteiger partial charge in [0.05, 0.1) is 26.4 Å². The van der Waals surface area contributed by atoms with Crippen LogP contribution in [0, 0.1) is 5.92 Å². The van der Waals surface area contributed by atoms with Crippen LogP contribution in [0.3, 0.4) is 0 Å². The predicted molar refractivity (Wildman–Crippen MR) is 182 cm³/mol. The van der Waals surface area contributed by atoms with Crippen molar-refractivity contribution < 1.29 is 25.2 Å². The Balaban J connectivity index is -0.000000597. The number of aliphatic hydroxyl groups is 4. The van der Waals surface area contributed by atoms with Gasteiger partial charge in [0.25, 0.3) is 0 Å². The Morgan fingerprint density at radius 2 is 0.929 bits per heavy atom. The summed E-state index contributed by atoms with van der Waals surface area (Å²) in [6.07, 6.45) is 27.4. The van der Waals surface area contributed by atoms with Crippen molar-refractivity contribution in [2.45, 2.75) is 149 Å². The molecule has 0 spiro atoms. The fourth-order valence-corrected chi connectivity index (χ4v) is 4.72. The van der Waals surface area contributed by atoms with Gasteiger partial charge < -0.3 is 30.5 Å². The first-order valence-electron chi connectivity index (χ1n) is 17.9. The smallest absolute Gasteiger partial charge is 0.0558 e. The average Bonchev–Trinajstić information content (AvgIpc) is 2.99. The van der Waals surface area contributed by atoms with Crippen LogP contribution in [0.15, 0.2) is 0 Å². The first-order valence-corrected chi connectivity index (χ1v) is 17.9. The molecule has 0 aromatic rings. The van der Waals surface area contributed by atoms with Gasteiger partial charge >= 0.3 is 0 Å². The summed E-state index contributed by atoms with van der Waals surface area (Å²) >= 11 is 0. The number of hydrogen-bond donors (Lipinski definition) is 5. The van der Waals surface area contributed by atoms with Crippen LogP contribution in [0.2, 0.25) is 0 Å². The molecule has 5 N–H and O–H groups in total. The van der Waals surface area contributed by atoms with Crippen LogP contribution in [-0.4, -0.2) is 98.2 Å². The molecule has 0 radical (unpaired) electrons. The molecule has 0 fully saturated rings. The van der Waals surface area contributed by atoms with Gasteiger partial charge in [-0.1, -0.05) is 136 Å². The second-order valence-electron chi connectivity index (χ2n) is 11.9. The molecule has 0 aliphatic heterocycles. The molecule has 1 unspecified atom stereocenters. The zero-order valence-electron chi connectivity index (χ0n) is 28.9. The lowest BCUT2D eigenvalue weighted by Crippen LogP contribution is -2.30. The Labute approximate surface area is 263 Å². The van der Waals surface area contributed by atoms with Gasteiger partial charge in [-0.2, -0.15) is 0 Å². The summed E-state index contributed by atoms with van der Waals surface area (Å²) < 4.78 is 4.73. The molecule has 0 aliphatic carbocycles. The van der Waals surface area contributed by atoms with E-state index in [1.54, 1.807) is 7.11 Å². The molecular weight excluding hydrogens is 528 g/mol. The molecule has 0 aromatic heterocycles. The van der Waals surface area contributed by atoms with Gasteiger partial charge in [-0.05, 0) is 25.9 Å². The molecular formula is C35H78N2O5. The third-order valence-electron chi connectivity index (χ3n) is 7.42. The lowest BCUT2D eigenvalue weighted by Gasteiger charge is -2.19. The molecule has 42 heavy (non-hydrogen) atoms. The first kappa shape index (κ1) is 46.1. The van der Waals surface area contributed by atoms with Crippen LogP contribution in [0.4, 0.5) is 0 Å². The van der Waals surface area contributed by atoms with Crippen molar-refractivity contribution in [2.24, 2.45) is 5.92 Å². The Morgan fingerprint density at radius 3 is 1.26 bits per heavy atom. The molecule has 0 saturated carbocycles. The number of nitrogens with zero attached hydrogens (tertiary/aromatic N) is 1. The molecule has 0 aliphatic rings. The van der Waals surface area contributed by atoms with Crippen LogP contribution in [0.1, 0.15) is 149 Å². The number of rotatable bonds is 31. The third-order valence-corrected chi connectivity index (χ3v) is 7.42. The average molecular weight is 607 g/mol. The summed E-state index contributed by atoms with van der Waals surface area (Å²) in [7, 11) is 1.63. The van der Waals surface area contributed by atoms with Crippen molar-refractivity contribution >= 4 is 0 Å². The highest BCUT2D eigenvalue weighted by atomic mass is 16.5. The zero-order valence-corrected chi connectivity index (χ0v) is 28.9. The SMILES string of the molecule is CCCCCCCCCCCCN(CCO)CCO.CCCCCCCCCCCCNCCO.COCC(C)CO. The molecule has 0 rings (SSSR count). The van der Waals surface area contributed by atoms with E-state index in [1.165, 1.54) is 128 Å². The number of methoxy groups -OCH3 is 1. The maximum Gasteiger partial charge on any atom is 0.0558 e. The van der Waals surface area contributed by atoms with Gasteiger partial charge in [0.15, 0.2) is 0 Å². The quantitative estimate of drug-likeness (QED) is 0.0544. The largest absolute Gasteiger partial charge is 0.396 e. The highest BCUT2D eigenvalue weighted by Gasteiger charge is 2.02. The number of aliphatic hydroxyl groups excluding tert-OH is 4. The third kappa shape index (κ3) is 46.7. The second kappa shape index (κ2) is 45.2. The lowest BCUT2D eigenvalue weighted by atomic mass is 10.1. The van der Waals surface area contributed by atoms with Crippen molar-refractivity contribution in [1.29, 1.82) is 0 Å². The topological polar surface area (TPSA) is 105 Å². The van der Waals surface area contributed by atoms with Gasteiger partial charge in [-0.3, -0.25) is 4.90 Å². The van der Waals surface area contributed by atoms with Crippen LogP contribution >= 0.6 is 0 Å². The van der Waals surface area contributed by atoms with Crippen molar-refractivity contribution in [3.8, 4) is 0 Å². The number of ether oxygens (including phenoxy) is 1. The Kier molecular flexibility index (Phi) is 49.6. The predicted octanol–water partition coefficient (Wildman–Crippen LogP) is 6.94. The molecule has 1 atom stereocenters. The molecule has 0 aromatic carbocycles. The van der Waals surface area contributed by atoms with Gasteiger partial charge in [-0.25, -0.2) is 0 Å². The molecule has 258 valence electrons. The summed E-state index contributed by atoms with van der Waals surface area (Å²) in [5.74, 6) is 0.282. The van der Waals surface area contributed by atoms with Crippen LogP contribution < -0.4 is 5.32 Å². The normalized spacial score (nSPS) is 11.6. The van der Waals surface area contributed by atoms with Gasteiger partial charge in [-0.15, -0.1) is 0 Å². The van der Waals surface area contributed by atoms with E-state index in [9.17, 15) is 0 Å². The van der Waals surface area contributed by atoms with E-state index in [0.29, 0.717) is 19.7 Å². The van der Waals surface area contributed by atoms with E-state index >= 15 is 0 Å². The van der Waals surface area contributed by atoms with Crippen molar-refractivity contribution in [1.82, 2.24) is 10.2 Å². The fourth-order valence-electron chi connectivity index (χ4n) is 4.72. The standard InChI is InChI=1S/C16H35NO2.C14H31NO.C5H12O2/c1-2-3-4-5-6-7-8-9-10-11-12-17(13-15-18)14-16-19;1-2-3-4-5-6-7-8-9-10-11-12-15-13-14-16;1-5(3-6)4-7-2/h18-19H,2-16H2,1H3;15-16H,2-14H2,1H3;5-6H,3-4H2,1-2H3. The minimum atomic E-state index is 0.192. The van der Waals surface area contributed by atoms with Crippen LogP contribution in [-0.2, 0) is 4.74 Å². The number of unbranched alkanes of at least 4 members (excludes halogenated alkanes) is 18. The molecule has 0 bridgehead atoms. The highest BCUT2D eigenvalue weighted by Crippen LogP contribution is 2.11. The Bertz CT molecular complexity index is 412. The Morgan fingerprint density at radius 1 is 0.524 bits per heavy atom. The van der Waals surface area contributed by atoms with E-state index in [0.717, 1.165) is 19.6 Å². The molecule has 7 nitrogen and oxygen atoms in total. The maximum atomic E-state index is 8.90. The molecule has 0 amide bonds. The van der Waals surface area contributed by atoms with Crippen molar-refractivity contribution in [3.63, 3.8) is 0 Å². The molecule has 0 saturated heterocycles. The van der Waals surface area contributed by atoms with Crippen LogP contribution in [0.5, 0.6) is 0 Å². The molecule has 0 heterocycles. The fraction of sp³-hybridized carbons (Fsp3) is 1.00. The van der Waals surface area contributed by atoms with E-state index in [4.69, 9.17) is 25.2 Å². The van der Waals surface area contributed by atoms with E-state index in [-0.39, 0.29) is 32.3 Å². The van der Waals surface area contributed by atoms with Gasteiger partial charge in [0.1, 0.15) is 0 Å². The second-order valence-corrected chi connectivity index (χ2v) is 11.9. The summed E-state index contributed by atoms with van der Waals surface area (Å²) in [5.41, 5.74) is 0. The Hall–Kier alpha value is -0.280. The number of nitrogens with one attached hydrogen (secondary N) is 1. The highest BCUT2D eigenvalue weighted by molar-refractivity contribution is 4.57. The minimum absolute atomic E-state index is 0.192. The lowest BCUT2D eigenvalue weighted by molar-refractivity contribution is 0.119. The summed E-state index contributed by atoms with van der Waals surface area (Å²) in [6.45, 7) is 12.2. The van der Waals surface area contributed by atoms with Gasteiger partial charge in [0, 0.05) is 39.3 Å². The van der Waals surface area contributed by atoms with Gasteiger partial charge in [0.2, 0.25) is 0 Å². The maximum absolute atomic E-state index is 8.90. The monoisotopic (exact) mass is 607 g/mol. The van der Waals surface area contributed by atoms with Crippen molar-refractivity contribution in [2.75, 3.05) is 72.9 Å². The zero-order chi connectivity index (χ0) is 31.8.